The van der Waals surface area contributed by atoms with E-state index in [1.807, 2.05) is 12.2 Å². The first kappa shape index (κ1) is 23.2. The van der Waals surface area contributed by atoms with Gasteiger partial charge >= 0.3 is 12.2 Å². The number of fused-ring (bicyclic) bond motifs is 3. The minimum absolute atomic E-state index is 0.0530. The summed E-state index contributed by atoms with van der Waals surface area (Å²) in [7, 11) is 0. The average molecular weight is 477 g/mol. The molecule has 1 aromatic carbocycles. The van der Waals surface area contributed by atoms with E-state index in [1.165, 1.54) is 12.1 Å². The molecule has 34 heavy (non-hydrogen) atoms. The molecule has 1 unspecified atom stereocenters. The van der Waals surface area contributed by atoms with Gasteiger partial charge < -0.3 is 25.6 Å². The van der Waals surface area contributed by atoms with E-state index in [9.17, 15) is 18.0 Å². The number of urea groups is 1. The maximum absolute atomic E-state index is 13.5. The lowest BCUT2D eigenvalue weighted by Gasteiger charge is -2.47. The number of hydrogen-bond donors (Lipinski definition) is 3. The van der Waals surface area contributed by atoms with Crippen molar-refractivity contribution < 1.29 is 22.7 Å². The number of nitrogens with one attached hydrogen (secondary N) is 3. The van der Waals surface area contributed by atoms with Crippen LogP contribution in [0.4, 0.5) is 23.7 Å². The molecular weight excluding hydrogens is 445 g/mol. The van der Waals surface area contributed by atoms with Gasteiger partial charge in [-0.25, -0.2) is 4.79 Å². The van der Waals surface area contributed by atoms with Gasteiger partial charge in [0.2, 0.25) is 0 Å². The number of carbonyl (C=O) groups excluding carboxylic acids is 1. The van der Waals surface area contributed by atoms with Crippen molar-refractivity contribution in [2.75, 3.05) is 38.0 Å². The molecule has 3 aliphatic heterocycles. The Labute approximate surface area is 197 Å². The predicted octanol–water partition coefficient (Wildman–Crippen LogP) is 4.08. The number of amides is 2. The molecule has 2 fully saturated rings. The number of halogens is 3. The lowest BCUT2D eigenvalue weighted by atomic mass is 9.73. The SMILES string of the molecule is O=C(NC[C@H]1CC[C@@H]2[C@H](O1)c1cc(C(F)(F)F)ccc1N[C@H]2C1C=CC=CC1)N1CCNCC1. The van der Waals surface area contributed by atoms with Crippen LogP contribution in [0.2, 0.25) is 0 Å². The largest absolute Gasteiger partial charge is 0.416 e. The summed E-state index contributed by atoms with van der Waals surface area (Å²) in [5.74, 6) is 0.303. The lowest BCUT2D eigenvalue weighted by Crippen LogP contribution is -2.52. The number of anilines is 1. The zero-order valence-corrected chi connectivity index (χ0v) is 19.0. The summed E-state index contributed by atoms with van der Waals surface area (Å²) < 4.78 is 46.9. The van der Waals surface area contributed by atoms with Crippen molar-refractivity contribution in [1.29, 1.82) is 0 Å². The fourth-order valence-corrected chi connectivity index (χ4v) is 5.59. The number of piperazine rings is 1. The summed E-state index contributed by atoms with van der Waals surface area (Å²) in [6.07, 6.45) is 5.71. The van der Waals surface area contributed by atoms with Gasteiger partial charge in [0.25, 0.3) is 0 Å². The Hall–Kier alpha value is -2.52. The van der Waals surface area contributed by atoms with Crippen LogP contribution in [0, 0.1) is 11.8 Å². The molecule has 5 rings (SSSR count). The normalized spacial score (nSPS) is 30.8. The summed E-state index contributed by atoms with van der Waals surface area (Å²) in [6.45, 7) is 3.21. The van der Waals surface area contributed by atoms with Crippen LogP contribution in [0.1, 0.15) is 36.5 Å². The number of alkyl halides is 3. The third kappa shape index (κ3) is 4.81. The van der Waals surface area contributed by atoms with E-state index in [-0.39, 0.29) is 30.0 Å². The minimum Gasteiger partial charge on any atom is -0.381 e. The number of rotatable bonds is 3. The number of carbonyl (C=O) groups is 1. The number of hydrogen-bond acceptors (Lipinski definition) is 4. The van der Waals surface area contributed by atoms with Gasteiger partial charge in [0, 0.05) is 61.9 Å². The van der Waals surface area contributed by atoms with Gasteiger partial charge in [0.05, 0.1) is 17.8 Å². The predicted molar refractivity (Wildman–Crippen MR) is 123 cm³/mol. The van der Waals surface area contributed by atoms with E-state index in [2.05, 4.69) is 28.1 Å². The van der Waals surface area contributed by atoms with Gasteiger partial charge in [-0.2, -0.15) is 13.2 Å². The van der Waals surface area contributed by atoms with Crippen molar-refractivity contribution in [3.63, 3.8) is 0 Å². The highest BCUT2D eigenvalue weighted by atomic mass is 19.4. The molecule has 2 amide bonds. The molecule has 2 saturated heterocycles. The average Bonchev–Trinajstić information content (AvgIpc) is 2.87. The fraction of sp³-hybridized carbons (Fsp3) is 0.560. The highest BCUT2D eigenvalue weighted by molar-refractivity contribution is 5.74. The number of ether oxygens (including phenoxy) is 1. The Bertz CT molecular complexity index is 958. The van der Waals surface area contributed by atoms with Crippen molar-refractivity contribution in [1.82, 2.24) is 15.5 Å². The molecule has 9 heteroatoms. The number of allylic oxidation sites excluding steroid dienone is 3. The molecule has 3 N–H and O–H groups in total. The first-order valence-corrected chi connectivity index (χ1v) is 12.1. The summed E-state index contributed by atoms with van der Waals surface area (Å²) in [5, 5.41) is 9.73. The van der Waals surface area contributed by atoms with Crippen molar-refractivity contribution >= 4 is 11.7 Å². The van der Waals surface area contributed by atoms with Crippen LogP contribution in [0.5, 0.6) is 0 Å². The van der Waals surface area contributed by atoms with Gasteiger partial charge in [0.1, 0.15) is 0 Å². The third-order valence-corrected chi connectivity index (χ3v) is 7.38. The van der Waals surface area contributed by atoms with Gasteiger partial charge in [-0.3, -0.25) is 0 Å². The van der Waals surface area contributed by atoms with Crippen LogP contribution in [-0.2, 0) is 10.9 Å². The highest BCUT2D eigenvalue weighted by Crippen LogP contribution is 2.49. The second-order valence-electron chi connectivity index (χ2n) is 9.53. The van der Waals surface area contributed by atoms with Crippen LogP contribution in [0.3, 0.4) is 0 Å². The third-order valence-electron chi connectivity index (χ3n) is 7.38. The van der Waals surface area contributed by atoms with E-state index in [0.717, 1.165) is 38.4 Å². The summed E-state index contributed by atoms with van der Waals surface area (Å²) in [5.41, 5.74) is 0.598. The fourth-order valence-electron chi connectivity index (χ4n) is 5.59. The molecule has 1 aromatic rings. The Morgan fingerprint density at radius 2 is 2.00 bits per heavy atom. The molecule has 0 aromatic heterocycles. The molecule has 3 heterocycles. The number of nitrogens with zero attached hydrogens (tertiary/aromatic N) is 1. The summed E-state index contributed by atoms with van der Waals surface area (Å²) in [4.78, 5) is 14.3. The Morgan fingerprint density at radius 1 is 1.18 bits per heavy atom. The molecule has 0 saturated carbocycles. The van der Waals surface area contributed by atoms with Crippen LogP contribution in [0.15, 0.2) is 42.5 Å². The molecule has 4 aliphatic rings. The summed E-state index contributed by atoms with van der Waals surface area (Å²) >= 11 is 0. The number of benzene rings is 1. The monoisotopic (exact) mass is 476 g/mol. The second kappa shape index (κ2) is 9.62. The Balaban J connectivity index is 1.35. The van der Waals surface area contributed by atoms with Crippen molar-refractivity contribution in [2.45, 2.75) is 43.7 Å². The van der Waals surface area contributed by atoms with Crippen molar-refractivity contribution in [3.05, 3.63) is 53.6 Å². The zero-order valence-electron chi connectivity index (χ0n) is 19.0. The topological polar surface area (TPSA) is 65.6 Å². The first-order valence-electron chi connectivity index (χ1n) is 12.1. The molecule has 0 spiro atoms. The zero-order chi connectivity index (χ0) is 23.7. The van der Waals surface area contributed by atoms with E-state index in [1.54, 1.807) is 4.90 Å². The van der Waals surface area contributed by atoms with E-state index < -0.39 is 17.8 Å². The molecule has 1 aliphatic carbocycles. The standard InChI is InChI=1S/C25H31F3N4O2/c26-25(27,28)17-6-9-21-20(14-17)23-19(22(31-21)16-4-2-1-3-5-16)8-7-18(34-23)15-30-24(33)32-12-10-29-11-13-32/h1-4,6,9,14,16,18-19,22-23,29,31H,5,7-8,10-13,15H2,(H,30,33)/t16?,18-,19+,22+,23+/m1/s1. The maximum atomic E-state index is 13.5. The van der Waals surface area contributed by atoms with Crippen LogP contribution < -0.4 is 16.0 Å². The molecule has 0 bridgehead atoms. The van der Waals surface area contributed by atoms with Gasteiger partial charge in [-0.1, -0.05) is 24.3 Å². The van der Waals surface area contributed by atoms with Gasteiger partial charge in [0.15, 0.2) is 0 Å². The van der Waals surface area contributed by atoms with Crippen molar-refractivity contribution in [2.24, 2.45) is 11.8 Å². The van der Waals surface area contributed by atoms with Crippen LogP contribution in [0.25, 0.3) is 0 Å². The van der Waals surface area contributed by atoms with Crippen LogP contribution in [-0.4, -0.2) is 55.8 Å². The maximum Gasteiger partial charge on any atom is 0.416 e. The van der Waals surface area contributed by atoms with Gasteiger partial charge in [-0.15, -0.1) is 0 Å². The lowest BCUT2D eigenvalue weighted by molar-refractivity contribution is -0.138. The first-order chi connectivity index (χ1) is 16.4. The van der Waals surface area contributed by atoms with Crippen molar-refractivity contribution in [3.8, 4) is 0 Å². The molecule has 6 nitrogen and oxygen atoms in total. The smallest absolute Gasteiger partial charge is 0.381 e. The minimum atomic E-state index is -4.41. The Morgan fingerprint density at radius 3 is 2.74 bits per heavy atom. The molecule has 184 valence electrons. The van der Waals surface area contributed by atoms with E-state index in [0.29, 0.717) is 30.9 Å². The quantitative estimate of drug-likeness (QED) is 0.615. The second-order valence-corrected chi connectivity index (χ2v) is 9.53. The van der Waals surface area contributed by atoms with E-state index in [4.69, 9.17) is 4.74 Å². The Kier molecular flexibility index (Phi) is 6.57. The highest BCUT2D eigenvalue weighted by Gasteiger charge is 2.45. The summed E-state index contributed by atoms with van der Waals surface area (Å²) in [6, 6.07) is 3.85. The molecular formula is C25H31F3N4O2. The molecule has 5 atom stereocenters. The van der Waals surface area contributed by atoms with Crippen LogP contribution >= 0.6 is 0 Å². The molecule has 0 radical (unpaired) electrons. The van der Waals surface area contributed by atoms with E-state index >= 15 is 0 Å². The van der Waals surface area contributed by atoms with Gasteiger partial charge in [-0.05, 0) is 37.5 Å².